The fourth-order valence-corrected chi connectivity index (χ4v) is 2.08. The average molecular weight is 199 g/mol. The van der Waals surface area contributed by atoms with E-state index in [0.29, 0.717) is 5.92 Å². The van der Waals surface area contributed by atoms with Gasteiger partial charge in [0.1, 0.15) is 0 Å². The van der Waals surface area contributed by atoms with Crippen molar-refractivity contribution < 1.29 is 4.42 Å². The van der Waals surface area contributed by atoms with Gasteiger partial charge in [-0.25, -0.2) is 4.79 Å². The maximum atomic E-state index is 11.4. The Balaban J connectivity index is 2.34. The van der Waals surface area contributed by atoms with E-state index in [1.54, 1.807) is 12.1 Å². The highest BCUT2D eigenvalue weighted by Crippen LogP contribution is 2.32. The van der Waals surface area contributed by atoms with Crippen LogP contribution >= 0.6 is 11.6 Å². The Labute approximate surface area is 81.5 Å². The minimum atomic E-state index is -0.264. The molecule has 2 rings (SSSR count). The van der Waals surface area contributed by atoms with E-state index in [1.807, 2.05) is 0 Å². The van der Waals surface area contributed by atoms with Crippen LogP contribution in [0, 0.1) is 0 Å². The molecule has 1 aliphatic rings. The number of halogens is 1. The number of rotatable bonds is 1. The maximum absolute atomic E-state index is 11.4. The van der Waals surface area contributed by atoms with Gasteiger partial charge in [-0.1, -0.05) is 12.8 Å². The van der Waals surface area contributed by atoms with Gasteiger partial charge in [-0.05, 0) is 42.5 Å². The zero-order valence-electron chi connectivity index (χ0n) is 7.25. The van der Waals surface area contributed by atoms with E-state index in [-0.39, 0.29) is 10.8 Å². The monoisotopic (exact) mass is 198 g/mol. The topological polar surface area (TPSA) is 30.2 Å². The van der Waals surface area contributed by atoms with Crippen molar-refractivity contribution in [2.75, 3.05) is 0 Å². The van der Waals surface area contributed by atoms with Crippen LogP contribution in [0.15, 0.2) is 21.3 Å². The summed E-state index contributed by atoms with van der Waals surface area (Å²) < 4.78 is 4.83. The highest BCUT2D eigenvalue weighted by Gasteiger charge is 2.20. The van der Waals surface area contributed by atoms with Crippen molar-refractivity contribution in [1.29, 1.82) is 0 Å². The van der Waals surface area contributed by atoms with Crippen LogP contribution in [-0.2, 0) is 0 Å². The molecule has 0 saturated heterocycles. The molecule has 0 radical (unpaired) electrons. The maximum Gasteiger partial charge on any atom is 0.340 e. The summed E-state index contributed by atoms with van der Waals surface area (Å²) in [5.74, 6) is 0.397. The summed E-state index contributed by atoms with van der Waals surface area (Å²) in [7, 11) is 0. The van der Waals surface area contributed by atoms with Crippen LogP contribution in [0.3, 0.4) is 0 Å². The quantitative estimate of drug-likeness (QED) is 0.695. The Bertz CT molecular complexity index is 350. The Morgan fingerprint density at radius 3 is 2.62 bits per heavy atom. The fraction of sp³-hybridized carbons (Fsp3) is 0.500. The molecule has 0 amide bonds. The first kappa shape index (κ1) is 8.82. The standard InChI is InChI=1S/C10H11ClO2/c11-9-6-5-8(10(12)13-9)7-3-1-2-4-7/h5-7H,1-4H2. The molecule has 0 N–H and O–H groups in total. The third-order valence-electron chi connectivity index (χ3n) is 2.61. The fourth-order valence-electron chi connectivity index (χ4n) is 1.94. The molecule has 70 valence electrons. The molecule has 0 unspecified atom stereocenters. The Morgan fingerprint density at radius 2 is 2.00 bits per heavy atom. The van der Waals surface area contributed by atoms with Crippen LogP contribution in [0.25, 0.3) is 0 Å². The molecule has 13 heavy (non-hydrogen) atoms. The lowest BCUT2D eigenvalue weighted by atomic mass is 10.0. The van der Waals surface area contributed by atoms with Crippen molar-refractivity contribution in [2.24, 2.45) is 0 Å². The van der Waals surface area contributed by atoms with Gasteiger partial charge in [-0.15, -0.1) is 0 Å². The lowest BCUT2D eigenvalue weighted by Crippen LogP contribution is -2.09. The van der Waals surface area contributed by atoms with Gasteiger partial charge in [-0.3, -0.25) is 0 Å². The van der Waals surface area contributed by atoms with Gasteiger partial charge in [0.25, 0.3) is 0 Å². The van der Waals surface area contributed by atoms with Gasteiger partial charge in [0.05, 0.1) is 0 Å². The smallest absolute Gasteiger partial charge is 0.340 e. The summed E-state index contributed by atoms with van der Waals surface area (Å²) in [4.78, 5) is 11.4. The first-order valence-corrected chi connectivity index (χ1v) is 4.95. The molecule has 1 saturated carbocycles. The molecule has 0 spiro atoms. The molecule has 0 atom stereocenters. The van der Waals surface area contributed by atoms with E-state index < -0.39 is 0 Å². The van der Waals surface area contributed by atoms with Crippen LogP contribution < -0.4 is 5.63 Å². The second-order valence-electron chi connectivity index (χ2n) is 3.46. The Kier molecular flexibility index (Phi) is 2.40. The molecule has 0 aromatic carbocycles. The summed E-state index contributed by atoms with van der Waals surface area (Å²) in [6, 6.07) is 3.45. The predicted octanol–water partition coefficient (Wildman–Crippen LogP) is 2.95. The van der Waals surface area contributed by atoms with E-state index >= 15 is 0 Å². The third kappa shape index (κ3) is 1.78. The SMILES string of the molecule is O=c1oc(Cl)ccc1C1CCCC1. The van der Waals surface area contributed by atoms with Gasteiger partial charge < -0.3 is 4.42 Å². The lowest BCUT2D eigenvalue weighted by molar-refractivity contribution is 0.493. The first-order chi connectivity index (χ1) is 6.27. The van der Waals surface area contributed by atoms with Crippen LogP contribution in [0.1, 0.15) is 37.2 Å². The zero-order valence-corrected chi connectivity index (χ0v) is 8.01. The molecule has 1 fully saturated rings. The van der Waals surface area contributed by atoms with Crippen LogP contribution in [-0.4, -0.2) is 0 Å². The molecule has 1 aromatic rings. The number of hydrogen-bond acceptors (Lipinski definition) is 2. The summed E-state index contributed by atoms with van der Waals surface area (Å²) in [5.41, 5.74) is 0.529. The largest absolute Gasteiger partial charge is 0.411 e. The van der Waals surface area contributed by atoms with Gasteiger partial charge in [0.15, 0.2) is 5.22 Å². The normalized spacial score (nSPS) is 17.9. The van der Waals surface area contributed by atoms with E-state index in [0.717, 1.165) is 18.4 Å². The molecular formula is C10H11ClO2. The van der Waals surface area contributed by atoms with E-state index in [1.165, 1.54) is 12.8 Å². The van der Waals surface area contributed by atoms with Crippen molar-refractivity contribution >= 4 is 11.6 Å². The summed E-state index contributed by atoms with van der Waals surface area (Å²) in [5, 5.41) is 0.173. The highest BCUT2D eigenvalue weighted by molar-refractivity contribution is 6.28. The zero-order chi connectivity index (χ0) is 9.26. The van der Waals surface area contributed by atoms with Crippen molar-refractivity contribution in [2.45, 2.75) is 31.6 Å². The molecule has 0 aliphatic heterocycles. The minimum absolute atomic E-state index is 0.173. The van der Waals surface area contributed by atoms with Crippen molar-refractivity contribution in [1.82, 2.24) is 0 Å². The molecule has 0 bridgehead atoms. The van der Waals surface area contributed by atoms with Crippen molar-refractivity contribution in [3.63, 3.8) is 0 Å². The van der Waals surface area contributed by atoms with Gasteiger partial charge in [0.2, 0.25) is 0 Å². The summed E-state index contributed by atoms with van der Waals surface area (Å²) in [6.07, 6.45) is 4.64. The average Bonchev–Trinajstić information content (AvgIpc) is 2.56. The van der Waals surface area contributed by atoms with Crippen LogP contribution in [0.5, 0.6) is 0 Å². The predicted molar refractivity (Wildman–Crippen MR) is 51.2 cm³/mol. The Morgan fingerprint density at radius 1 is 1.31 bits per heavy atom. The van der Waals surface area contributed by atoms with Crippen LogP contribution in [0.2, 0.25) is 5.22 Å². The molecule has 1 heterocycles. The third-order valence-corrected chi connectivity index (χ3v) is 2.82. The molecule has 3 heteroatoms. The van der Waals surface area contributed by atoms with Gasteiger partial charge >= 0.3 is 5.63 Å². The molecule has 2 nitrogen and oxygen atoms in total. The second kappa shape index (κ2) is 3.54. The molecule has 1 aromatic heterocycles. The summed E-state index contributed by atoms with van der Waals surface area (Å²) >= 11 is 5.56. The van der Waals surface area contributed by atoms with Crippen LogP contribution in [0.4, 0.5) is 0 Å². The van der Waals surface area contributed by atoms with Crippen molar-refractivity contribution in [3.8, 4) is 0 Å². The minimum Gasteiger partial charge on any atom is -0.411 e. The van der Waals surface area contributed by atoms with E-state index in [2.05, 4.69) is 0 Å². The number of hydrogen-bond donors (Lipinski definition) is 0. The molecular weight excluding hydrogens is 188 g/mol. The summed E-state index contributed by atoms with van der Waals surface area (Å²) in [6.45, 7) is 0. The van der Waals surface area contributed by atoms with Gasteiger partial charge in [-0.2, -0.15) is 0 Å². The Hall–Kier alpha value is -0.760. The second-order valence-corrected chi connectivity index (χ2v) is 3.84. The van der Waals surface area contributed by atoms with E-state index in [4.69, 9.17) is 16.0 Å². The van der Waals surface area contributed by atoms with Gasteiger partial charge in [0, 0.05) is 5.56 Å². The van der Waals surface area contributed by atoms with E-state index in [9.17, 15) is 4.79 Å². The lowest BCUT2D eigenvalue weighted by Gasteiger charge is -2.05. The molecule has 1 aliphatic carbocycles. The first-order valence-electron chi connectivity index (χ1n) is 4.57. The highest BCUT2D eigenvalue weighted by atomic mass is 35.5. The van der Waals surface area contributed by atoms with Crippen molar-refractivity contribution in [3.05, 3.63) is 33.3 Å².